The van der Waals surface area contributed by atoms with Gasteiger partial charge in [0.1, 0.15) is 0 Å². The molecule has 1 unspecified atom stereocenters. The van der Waals surface area contributed by atoms with E-state index in [1.54, 1.807) is 0 Å². The first-order valence-electron chi connectivity index (χ1n) is 6.94. The minimum Gasteiger partial charge on any atom is -0.355 e. The molecule has 110 valence electrons. The van der Waals surface area contributed by atoms with E-state index in [-0.39, 0.29) is 17.2 Å². The summed E-state index contributed by atoms with van der Waals surface area (Å²) in [6.45, 7) is 10.2. The molecule has 2 amide bonds. The number of rotatable bonds is 4. The van der Waals surface area contributed by atoms with Crippen molar-refractivity contribution in [3.05, 3.63) is 0 Å². The summed E-state index contributed by atoms with van der Waals surface area (Å²) in [6.07, 6.45) is 1.33. The number of nitrogens with two attached hydrogens (primary N) is 1. The van der Waals surface area contributed by atoms with E-state index in [2.05, 4.69) is 12.2 Å². The zero-order chi connectivity index (χ0) is 14.7. The molecular weight excluding hydrogens is 242 g/mol. The molecule has 19 heavy (non-hydrogen) atoms. The van der Waals surface area contributed by atoms with Gasteiger partial charge in [-0.3, -0.25) is 9.59 Å². The van der Waals surface area contributed by atoms with Crippen LogP contribution in [0.25, 0.3) is 0 Å². The molecule has 0 aliphatic carbocycles. The second-order valence-electron chi connectivity index (χ2n) is 6.84. The van der Waals surface area contributed by atoms with Gasteiger partial charge < -0.3 is 16.0 Å². The lowest BCUT2D eigenvalue weighted by Crippen LogP contribution is -2.39. The molecule has 1 aliphatic heterocycles. The summed E-state index contributed by atoms with van der Waals surface area (Å²) in [5.74, 6) is 0.0832. The maximum Gasteiger partial charge on any atom is 0.225 e. The summed E-state index contributed by atoms with van der Waals surface area (Å²) in [7, 11) is 0. The van der Waals surface area contributed by atoms with Gasteiger partial charge in [0.25, 0.3) is 0 Å². The first-order valence-corrected chi connectivity index (χ1v) is 6.94. The number of nitrogens with one attached hydrogen (secondary N) is 1. The van der Waals surface area contributed by atoms with Crippen LogP contribution in [0.1, 0.15) is 40.5 Å². The Hall–Kier alpha value is -1.10. The van der Waals surface area contributed by atoms with Crippen LogP contribution in [0, 0.1) is 10.8 Å². The lowest BCUT2D eigenvalue weighted by atomic mass is 9.90. The average Bonchev–Trinajstić information content (AvgIpc) is 2.71. The van der Waals surface area contributed by atoms with Gasteiger partial charge in [0.15, 0.2) is 0 Å². The largest absolute Gasteiger partial charge is 0.355 e. The molecule has 1 aliphatic rings. The van der Waals surface area contributed by atoms with Crippen molar-refractivity contribution < 1.29 is 9.59 Å². The van der Waals surface area contributed by atoms with Crippen LogP contribution in [-0.4, -0.2) is 42.9 Å². The normalized spacial score (nSPS) is 23.5. The molecule has 3 N–H and O–H groups in total. The molecule has 0 aromatic rings. The SMILES string of the molecule is CC1(CN)CCN(C(=O)CCNC(=O)C(C)(C)C)C1. The monoisotopic (exact) mass is 269 g/mol. The quantitative estimate of drug-likeness (QED) is 0.790. The van der Waals surface area contributed by atoms with Gasteiger partial charge in [-0.1, -0.05) is 27.7 Å². The molecule has 1 saturated heterocycles. The molecule has 1 heterocycles. The summed E-state index contributed by atoms with van der Waals surface area (Å²) in [4.78, 5) is 25.5. The van der Waals surface area contributed by atoms with Crippen LogP contribution in [-0.2, 0) is 9.59 Å². The molecule has 1 fully saturated rings. The molecule has 0 aromatic heterocycles. The highest BCUT2D eigenvalue weighted by molar-refractivity contribution is 5.82. The van der Waals surface area contributed by atoms with Crippen LogP contribution >= 0.6 is 0 Å². The van der Waals surface area contributed by atoms with E-state index < -0.39 is 5.41 Å². The van der Waals surface area contributed by atoms with Crippen molar-refractivity contribution in [3.63, 3.8) is 0 Å². The molecule has 5 heteroatoms. The highest BCUT2D eigenvalue weighted by Gasteiger charge is 2.34. The minimum absolute atomic E-state index is 0.0199. The number of likely N-dealkylation sites (tertiary alicyclic amines) is 1. The lowest BCUT2D eigenvalue weighted by molar-refractivity contribution is -0.131. The number of carbonyl (C=O) groups is 2. The van der Waals surface area contributed by atoms with Gasteiger partial charge in [0.2, 0.25) is 11.8 Å². The van der Waals surface area contributed by atoms with Crippen LogP contribution in [0.2, 0.25) is 0 Å². The Morgan fingerprint density at radius 1 is 1.37 bits per heavy atom. The molecule has 1 rings (SSSR count). The fraction of sp³-hybridized carbons (Fsp3) is 0.857. The Kier molecular flexibility index (Phi) is 4.96. The molecule has 0 aromatic carbocycles. The number of carbonyl (C=O) groups excluding carboxylic acids is 2. The van der Waals surface area contributed by atoms with Crippen molar-refractivity contribution in [3.8, 4) is 0 Å². The predicted molar refractivity (Wildman–Crippen MR) is 75.4 cm³/mol. The molecule has 0 spiro atoms. The maximum absolute atomic E-state index is 12.0. The maximum atomic E-state index is 12.0. The van der Waals surface area contributed by atoms with Gasteiger partial charge in [0, 0.05) is 31.5 Å². The highest BCUT2D eigenvalue weighted by Crippen LogP contribution is 2.28. The zero-order valence-electron chi connectivity index (χ0n) is 12.6. The zero-order valence-corrected chi connectivity index (χ0v) is 12.6. The number of amides is 2. The van der Waals surface area contributed by atoms with Crippen molar-refractivity contribution in [1.29, 1.82) is 0 Å². The number of nitrogens with zero attached hydrogens (tertiary/aromatic N) is 1. The second-order valence-corrected chi connectivity index (χ2v) is 6.84. The van der Waals surface area contributed by atoms with Crippen molar-refractivity contribution in [2.24, 2.45) is 16.6 Å². The van der Waals surface area contributed by atoms with Gasteiger partial charge in [-0.15, -0.1) is 0 Å². The van der Waals surface area contributed by atoms with E-state index in [4.69, 9.17) is 5.73 Å². The van der Waals surface area contributed by atoms with Crippen LogP contribution in [0.15, 0.2) is 0 Å². The van der Waals surface area contributed by atoms with Gasteiger partial charge in [0.05, 0.1) is 0 Å². The summed E-state index contributed by atoms with van der Waals surface area (Å²) in [6, 6.07) is 0. The van der Waals surface area contributed by atoms with Crippen LogP contribution in [0.3, 0.4) is 0 Å². The molecule has 0 saturated carbocycles. The third kappa shape index (κ3) is 4.49. The Bertz CT molecular complexity index is 349. The molecular formula is C14H27N3O2. The van der Waals surface area contributed by atoms with E-state index >= 15 is 0 Å². The van der Waals surface area contributed by atoms with Gasteiger partial charge >= 0.3 is 0 Å². The van der Waals surface area contributed by atoms with Gasteiger partial charge in [-0.2, -0.15) is 0 Å². The lowest BCUT2D eigenvalue weighted by Gasteiger charge is -2.23. The van der Waals surface area contributed by atoms with Crippen LogP contribution in [0.5, 0.6) is 0 Å². The van der Waals surface area contributed by atoms with Gasteiger partial charge in [-0.05, 0) is 18.4 Å². The molecule has 1 atom stereocenters. The van der Waals surface area contributed by atoms with Crippen molar-refractivity contribution in [1.82, 2.24) is 10.2 Å². The van der Waals surface area contributed by atoms with Crippen LogP contribution in [0.4, 0.5) is 0 Å². The minimum atomic E-state index is -0.408. The highest BCUT2D eigenvalue weighted by atomic mass is 16.2. The Balaban J connectivity index is 2.32. The summed E-state index contributed by atoms with van der Waals surface area (Å²) in [5.41, 5.74) is 5.38. The Morgan fingerprint density at radius 3 is 2.47 bits per heavy atom. The van der Waals surface area contributed by atoms with Crippen LogP contribution < -0.4 is 11.1 Å². The fourth-order valence-electron chi connectivity index (χ4n) is 2.11. The molecule has 0 radical (unpaired) electrons. The first-order chi connectivity index (χ1) is 8.68. The fourth-order valence-corrected chi connectivity index (χ4v) is 2.11. The third-order valence-electron chi connectivity index (χ3n) is 3.71. The van der Waals surface area contributed by atoms with E-state index in [0.717, 1.165) is 19.5 Å². The summed E-state index contributed by atoms with van der Waals surface area (Å²) in [5, 5.41) is 2.80. The van der Waals surface area contributed by atoms with E-state index in [9.17, 15) is 9.59 Å². The average molecular weight is 269 g/mol. The number of hydrogen-bond donors (Lipinski definition) is 2. The molecule has 0 bridgehead atoms. The van der Waals surface area contributed by atoms with E-state index in [1.165, 1.54) is 0 Å². The van der Waals surface area contributed by atoms with Gasteiger partial charge in [-0.25, -0.2) is 0 Å². The van der Waals surface area contributed by atoms with E-state index in [1.807, 2.05) is 25.7 Å². The van der Waals surface area contributed by atoms with Crippen molar-refractivity contribution >= 4 is 11.8 Å². The standard InChI is InChI=1S/C14H27N3O2/c1-13(2,3)12(19)16-7-5-11(18)17-8-6-14(4,9-15)10-17/h5-10,15H2,1-4H3,(H,16,19). The Labute approximate surface area is 115 Å². The van der Waals surface area contributed by atoms with Crippen molar-refractivity contribution in [2.75, 3.05) is 26.2 Å². The summed E-state index contributed by atoms with van der Waals surface area (Å²) < 4.78 is 0. The Morgan fingerprint density at radius 2 is 2.00 bits per heavy atom. The third-order valence-corrected chi connectivity index (χ3v) is 3.71. The molecule has 5 nitrogen and oxygen atoms in total. The summed E-state index contributed by atoms with van der Waals surface area (Å²) >= 11 is 0. The van der Waals surface area contributed by atoms with Crippen molar-refractivity contribution in [2.45, 2.75) is 40.5 Å². The number of hydrogen-bond acceptors (Lipinski definition) is 3. The first kappa shape index (κ1) is 16.0. The predicted octanol–water partition coefficient (Wildman–Crippen LogP) is 0.736. The second kappa shape index (κ2) is 5.90. The van der Waals surface area contributed by atoms with E-state index in [0.29, 0.717) is 19.5 Å². The smallest absolute Gasteiger partial charge is 0.225 e. The topological polar surface area (TPSA) is 75.4 Å².